The third kappa shape index (κ3) is 4.72. The Hall–Kier alpha value is -3.47. The van der Waals surface area contributed by atoms with Crippen LogP contribution in [0, 0.1) is 11.3 Å². The summed E-state index contributed by atoms with van der Waals surface area (Å²) >= 11 is 0. The van der Waals surface area contributed by atoms with E-state index in [0.717, 1.165) is 18.3 Å². The molecule has 0 amide bonds. The van der Waals surface area contributed by atoms with E-state index in [4.69, 9.17) is 0 Å². The van der Waals surface area contributed by atoms with Crippen molar-refractivity contribution in [1.82, 2.24) is 20.6 Å². The Bertz CT molecular complexity index is 1620. The summed E-state index contributed by atoms with van der Waals surface area (Å²) in [4.78, 5) is -2.78. The molecule has 0 aliphatic carbocycles. The number of benzene rings is 2. The number of anilines is 1. The average Bonchev–Trinajstić information content (AvgIpc) is 3.19. The van der Waals surface area contributed by atoms with Gasteiger partial charge in [-0.1, -0.05) is 0 Å². The van der Waals surface area contributed by atoms with Gasteiger partial charge in [0.1, 0.15) is 21.4 Å². The summed E-state index contributed by atoms with van der Waals surface area (Å²) in [5.74, 6) is -0.175. The number of aromatic nitrogens is 4. The molecule has 1 heterocycles. The fourth-order valence-corrected chi connectivity index (χ4v) is 4.61. The highest BCUT2D eigenvalue weighted by molar-refractivity contribution is 7.87. The van der Waals surface area contributed by atoms with Crippen molar-refractivity contribution in [2.75, 3.05) is 5.32 Å². The second-order valence-corrected chi connectivity index (χ2v) is 10.2. The first-order valence-electron chi connectivity index (χ1n) is 7.86. The van der Waals surface area contributed by atoms with Gasteiger partial charge in [-0.25, -0.2) is 0 Å². The number of tetrazole rings is 1. The van der Waals surface area contributed by atoms with Crippen molar-refractivity contribution >= 4 is 52.4 Å². The maximum Gasteiger partial charge on any atom is 0.296 e. The van der Waals surface area contributed by atoms with Gasteiger partial charge in [-0.05, 0) is 34.9 Å². The first-order valence-corrected chi connectivity index (χ1v) is 12.2. The maximum absolute atomic E-state index is 11.9. The van der Waals surface area contributed by atoms with Crippen LogP contribution in [0.4, 0.5) is 5.69 Å². The molecule has 2 aromatic carbocycles. The highest BCUT2D eigenvalue weighted by Gasteiger charge is 2.24. The molecule has 32 heavy (non-hydrogen) atoms. The Balaban J connectivity index is 2.35. The molecule has 0 radical (unpaired) electrons. The first kappa shape index (κ1) is 23.2. The van der Waals surface area contributed by atoms with Gasteiger partial charge in [0.05, 0.1) is 10.6 Å². The molecule has 3 rings (SSSR count). The summed E-state index contributed by atoms with van der Waals surface area (Å²) in [7, 11) is -15.0. The number of nitrogens with one attached hydrogen (secondary N) is 2. The number of hydrogen-bond donors (Lipinski definition) is 5. The van der Waals surface area contributed by atoms with Gasteiger partial charge in [-0.3, -0.25) is 13.7 Å². The second-order valence-electron chi connectivity index (χ2n) is 5.97. The minimum absolute atomic E-state index is 0.175. The Morgan fingerprint density at radius 1 is 0.969 bits per heavy atom. The molecule has 0 unspecified atom stereocenters. The maximum atomic E-state index is 11.9. The Morgan fingerprint density at radius 3 is 2.12 bits per heavy atom. The van der Waals surface area contributed by atoms with E-state index in [1.54, 1.807) is 6.07 Å². The monoisotopic (exact) mass is 502 g/mol. The largest absolute Gasteiger partial charge is 0.359 e. The number of rotatable bonds is 6. The van der Waals surface area contributed by atoms with E-state index in [-0.39, 0.29) is 22.2 Å². The fourth-order valence-electron chi connectivity index (χ4n) is 2.59. The van der Waals surface area contributed by atoms with Gasteiger partial charge >= 0.3 is 0 Å². The minimum atomic E-state index is -5.06. The van der Waals surface area contributed by atoms with Crippen LogP contribution in [0.1, 0.15) is 5.82 Å². The number of nitriles is 1. The topological polar surface area (TPSA) is 253 Å². The quantitative estimate of drug-likeness (QED) is 0.221. The lowest BCUT2D eigenvalue weighted by Gasteiger charge is -2.12. The molecule has 15 nitrogen and oxygen atoms in total. The lowest BCUT2D eigenvalue weighted by Crippen LogP contribution is -2.07. The molecular formula is C14H10N6O9S3. The Morgan fingerprint density at radius 2 is 1.62 bits per heavy atom. The van der Waals surface area contributed by atoms with E-state index >= 15 is 0 Å². The minimum Gasteiger partial charge on any atom is -0.359 e. The van der Waals surface area contributed by atoms with Crippen molar-refractivity contribution in [1.29, 1.82) is 5.26 Å². The van der Waals surface area contributed by atoms with E-state index in [1.807, 2.05) is 0 Å². The van der Waals surface area contributed by atoms with Gasteiger partial charge in [-0.15, -0.1) is 10.2 Å². The molecule has 0 saturated carbocycles. The van der Waals surface area contributed by atoms with Crippen LogP contribution in [-0.2, 0) is 30.4 Å². The van der Waals surface area contributed by atoms with Crippen molar-refractivity contribution in [2.45, 2.75) is 14.7 Å². The van der Waals surface area contributed by atoms with E-state index in [2.05, 4.69) is 25.9 Å². The summed E-state index contributed by atoms with van der Waals surface area (Å²) < 4.78 is 98.6. The molecular weight excluding hydrogens is 492 g/mol. The van der Waals surface area contributed by atoms with Crippen molar-refractivity contribution < 1.29 is 38.9 Å². The molecule has 0 fully saturated rings. The highest BCUT2D eigenvalue weighted by Crippen LogP contribution is 2.34. The SMILES string of the molecule is N#CC(=CNc1cc2c(S(=O)(=O)O)cc(S(=O)(=O)O)cc2cc1S(=O)(=O)O)c1nn[nH]n1. The zero-order chi connectivity index (χ0) is 23.9. The van der Waals surface area contributed by atoms with E-state index in [0.29, 0.717) is 12.1 Å². The van der Waals surface area contributed by atoms with Gasteiger partial charge < -0.3 is 5.32 Å². The Labute approximate surface area is 179 Å². The number of fused-ring (bicyclic) bond motifs is 1. The van der Waals surface area contributed by atoms with Gasteiger partial charge in [0.2, 0.25) is 5.82 Å². The number of aromatic amines is 1. The molecule has 0 spiro atoms. The molecule has 0 saturated heterocycles. The van der Waals surface area contributed by atoms with Gasteiger partial charge in [0.25, 0.3) is 30.4 Å². The molecule has 0 bridgehead atoms. The number of nitrogens with zero attached hydrogens (tertiary/aromatic N) is 4. The third-order valence-electron chi connectivity index (χ3n) is 3.92. The van der Waals surface area contributed by atoms with Crippen molar-refractivity contribution in [2.24, 2.45) is 0 Å². The highest BCUT2D eigenvalue weighted by atomic mass is 32.2. The van der Waals surface area contributed by atoms with Crippen LogP contribution in [0.25, 0.3) is 16.3 Å². The fraction of sp³-hybridized carbons (Fsp3) is 0. The summed E-state index contributed by atoms with van der Waals surface area (Å²) in [6.45, 7) is 0. The zero-order valence-corrected chi connectivity index (χ0v) is 17.6. The summed E-state index contributed by atoms with van der Waals surface area (Å²) in [6, 6.07) is 4.45. The van der Waals surface area contributed by atoms with Gasteiger partial charge in [0.15, 0.2) is 0 Å². The summed E-state index contributed by atoms with van der Waals surface area (Å²) in [6.07, 6.45) is 0.931. The lowest BCUT2D eigenvalue weighted by atomic mass is 10.1. The van der Waals surface area contributed by atoms with Crippen LogP contribution >= 0.6 is 0 Å². The van der Waals surface area contributed by atoms with E-state index < -0.39 is 50.7 Å². The smallest absolute Gasteiger partial charge is 0.296 e. The molecule has 5 N–H and O–H groups in total. The van der Waals surface area contributed by atoms with E-state index in [9.17, 15) is 44.2 Å². The number of H-pyrrole nitrogens is 1. The van der Waals surface area contributed by atoms with Crippen molar-refractivity contribution in [3.63, 3.8) is 0 Å². The molecule has 168 valence electrons. The predicted octanol–water partition coefficient (Wildman–Crippen LogP) is 0.0696. The molecule has 0 atom stereocenters. The van der Waals surface area contributed by atoms with Crippen molar-refractivity contribution in [3.05, 3.63) is 36.3 Å². The van der Waals surface area contributed by atoms with Gasteiger partial charge in [0, 0.05) is 11.6 Å². The molecule has 0 aliphatic heterocycles. The van der Waals surface area contributed by atoms with Crippen LogP contribution in [0.3, 0.4) is 0 Å². The van der Waals surface area contributed by atoms with Crippen LogP contribution in [-0.4, -0.2) is 59.5 Å². The summed E-state index contributed by atoms with van der Waals surface area (Å²) in [5.41, 5.74) is -0.697. The van der Waals surface area contributed by atoms with Crippen molar-refractivity contribution in [3.8, 4) is 6.07 Å². The number of allylic oxidation sites excluding steroid dienone is 1. The first-order chi connectivity index (χ1) is 14.7. The molecule has 1 aromatic heterocycles. The van der Waals surface area contributed by atoms with Gasteiger partial charge in [-0.2, -0.15) is 35.7 Å². The summed E-state index contributed by atoms with van der Waals surface area (Å²) in [5, 5.41) is 23.3. The van der Waals surface area contributed by atoms with Crippen LogP contribution in [0.5, 0.6) is 0 Å². The lowest BCUT2D eigenvalue weighted by molar-refractivity contribution is 0.480. The average molecular weight is 502 g/mol. The zero-order valence-electron chi connectivity index (χ0n) is 15.2. The van der Waals surface area contributed by atoms with Crippen LogP contribution in [0.15, 0.2) is 45.2 Å². The number of hydrogen-bond acceptors (Lipinski definition) is 11. The molecule has 3 aromatic rings. The van der Waals surface area contributed by atoms with Crippen LogP contribution < -0.4 is 5.32 Å². The predicted molar refractivity (Wildman–Crippen MR) is 105 cm³/mol. The molecule has 0 aliphatic rings. The van der Waals surface area contributed by atoms with E-state index in [1.165, 1.54) is 0 Å². The third-order valence-corrected chi connectivity index (χ3v) is 6.54. The second kappa shape index (κ2) is 7.90. The molecule has 18 heteroatoms. The van der Waals surface area contributed by atoms with Crippen LogP contribution in [0.2, 0.25) is 0 Å². The standard InChI is InChI=1S/C14H10N6O9S3/c15-5-8(14-17-19-20-18-14)6-16-11-4-10-7(2-13(11)32(27,28)29)1-9(30(21,22)23)3-12(10)31(24,25)26/h1-4,6,16H,(H,21,22,23)(H,24,25,26)(H,27,28,29)(H,17,18,19,20). The normalized spacial score (nSPS) is 13.1. The Kier molecular flexibility index (Phi) is 5.73.